The number of anilines is 1. The molecule has 2 N–H and O–H groups in total. The van der Waals surface area contributed by atoms with Gasteiger partial charge in [-0.05, 0) is 19.1 Å². The topological polar surface area (TPSA) is 70.3 Å². The average Bonchev–Trinajstić information content (AvgIpc) is 2.38. The van der Waals surface area contributed by atoms with Gasteiger partial charge in [-0.2, -0.15) is 0 Å². The number of hydrogen-bond acceptors (Lipinski definition) is 5. The standard InChI is InChI=1S/C13H11ClF3N3O2/c1-2-21-9-5-7(22-13(15,16)17)3-4-8(9)11-12(14)20-10(18)6-19-11/h3-6H,2H2,1H3,(H2,18,20). The number of alkyl halides is 3. The van der Waals surface area contributed by atoms with E-state index in [9.17, 15) is 13.2 Å². The highest BCUT2D eigenvalue weighted by atomic mass is 35.5. The maximum Gasteiger partial charge on any atom is 0.573 e. The largest absolute Gasteiger partial charge is 0.573 e. The van der Waals surface area contributed by atoms with Crippen molar-refractivity contribution in [2.75, 3.05) is 12.3 Å². The van der Waals surface area contributed by atoms with Crippen LogP contribution < -0.4 is 15.2 Å². The molecule has 0 amide bonds. The molecule has 1 heterocycles. The second-order valence-electron chi connectivity index (χ2n) is 4.07. The van der Waals surface area contributed by atoms with E-state index in [0.29, 0.717) is 5.56 Å². The number of nitrogen functional groups attached to an aromatic ring is 1. The minimum Gasteiger partial charge on any atom is -0.493 e. The first kappa shape index (κ1) is 16.2. The molecule has 9 heteroatoms. The maximum absolute atomic E-state index is 12.3. The number of halogens is 4. The minimum atomic E-state index is -4.79. The molecule has 118 valence electrons. The number of nitrogens with two attached hydrogens (primary N) is 1. The Hall–Kier alpha value is -2.22. The van der Waals surface area contributed by atoms with E-state index in [1.54, 1.807) is 6.92 Å². The predicted octanol–water partition coefficient (Wildman–Crippen LogP) is 3.68. The van der Waals surface area contributed by atoms with Crippen molar-refractivity contribution in [3.05, 3.63) is 29.5 Å². The maximum atomic E-state index is 12.3. The van der Waals surface area contributed by atoms with Crippen molar-refractivity contribution in [3.8, 4) is 22.8 Å². The van der Waals surface area contributed by atoms with Gasteiger partial charge in [0.25, 0.3) is 0 Å². The van der Waals surface area contributed by atoms with Crippen molar-refractivity contribution >= 4 is 17.4 Å². The summed E-state index contributed by atoms with van der Waals surface area (Å²) in [5.41, 5.74) is 6.09. The Balaban J connectivity index is 2.46. The molecular weight excluding hydrogens is 323 g/mol. The van der Waals surface area contributed by atoms with Crippen molar-refractivity contribution in [2.24, 2.45) is 0 Å². The quantitative estimate of drug-likeness (QED) is 0.924. The first-order valence-corrected chi connectivity index (χ1v) is 6.49. The predicted molar refractivity (Wildman–Crippen MR) is 74.7 cm³/mol. The van der Waals surface area contributed by atoms with Crippen molar-refractivity contribution in [3.63, 3.8) is 0 Å². The fourth-order valence-corrected chi connectivity index (χ4v) is 1.98. The van der Waals surface area contributed by atoms with Gasteiger partial charge in [0.05, 0.1) is 12.8 Å². The Labute approximate surface area is 128 Å². The van der Waals surface area contributed by atoms with Crippen molar-refractivity contribution < 1.29 is 22.6 Å². The summed E-state index contributed by atoms with van der Waals surface area (Å²) in [7, 11) is 0. The van der Waals surface area contributed by atoms with Crippen molar-refractivity contribution in [1.82, 2.24) is 9.97 Å². The highest BCUT2D eigenvalue weighted by Crippen LogP contribution is 2.36. The van der Waals surface area contributed by atoms with Crippen LogP contribution in [0.1, 0.15) is 6.92 Å². The molecule has 22 heavy (non-hydrogen) atoms. The zero-order chi connectivity index (χ0) is 16.3. The summed E-state index contributed by atoms with van der Waals surface area (Å²) in [5, 5.41) is 0.0189. The molecule has 0 bridgehead atoms. The summed E-state index contributed by atoms with van der Waals surface area (Å²) in [5.74, 6) is -0.131. The Morgan fingerprint density at radius 2 is 2.05 bits per heavy atom. The third kappa shape index (κ3) is 3.91. The van der Waals surface area contributed by atoms with Gasteiger partial charge >= 0.3 is 6.36 Å². The zero-order valence-corrected chi connectivity index (χ0v) is 12.1. The van der Waals surface area contributed by atoms with Gasteiger partial charge < -0.3 is 15.2 Å². The number of aromatic nitrogens is 2. The first-order chi connectivity index (χ1) is 10.3. The fourth-order valence-electron chi connectivity index (χ4n) is 1.73. The summed E-state index contributed by atoms with van der Waals surface area (Å²) >= 11 is 5.96. The molecule has 0 unspecified atom stereocenters. The van der Waals surface area contributed by atoms with Crippen molar-refractivity contribution in [1.29, 1.82) is 0 Å². The lowest BCUT2D eigenvalue weighted by Gasteiger charge is -2.14. The van der Waals surface area contributed by atoms with Gasteiger partial charge in [0.15, 0.2) is 5.15 Å². The summed E-state index contributed by atoms with van der Waals surface area (Å²) in [6, 6.07) is 3.61. The van der Waals surface area contributed by atoms with Gasteiger partial charge in [-0.15, -0.1) is 13.2 Å². The molecule has 0 aliphatic rings. The number of nitrogens with zero attached hydrogens (tertiary/aromatic N) is 2. The second kappa shape index (κ2) is 6.27. The van der Waals surface area contributed by atoms with Crippen molar-refractivity contribution in [2.45, 2.75) is 13.3 Å². The molecule has 0 aliphatic carbocycles. The molecule has 2 rings (SSSR count). The number of benzene rings is 1. The molecular formula is C13H11ClF3N3O2. The number of rotatable bonds is 4. The third-order valence-electron chi connectivity index (χ3n) is 2.49. The molecule has 5 nitrogen and oxygen atoms in total. The lowest BCUT2D eigenvalue weighted by Crippen LogP contribution is -2.17. The smallest absolute Gasteiger partial charge is 0.493 e. The Morgan fingerprint density at radius 3 is 2.64 bits per heavy atom. The molecule has 0 radical (unpaired) electrons. The Kier molecular flexibility index (Phi) is 4.60. The highest BCUT2D eigenvalue weighted by molar-refractivity contribution is 6.32. The molecule has 1 aromatic heterocycles. The summed E-state index contributed by atoms with van der Waals surface area (Å²) in [4.78, 5) is 7.88. The third-order valence-corrected chi connectivity index (χ3v) is 2.75. The van der Waals surface area contributed by atoms with Gasteiger partial charge in [0.1, 0.15) is 23.0 Å². The van der Waals surface area contributed by atoms with E-state index in [4.69, 9.17) is 22.1 Å². The summed E-state index contributed by atoms with van der Waals surface area (Å²) in [6.07, 6.45) is -3.50. The summed E-state index contributed by atoms with van der Waals surface area (Å²) < 4.78 is 46.0. The number of hydrogen-bond donors (Lipinski definition) is 1. The normalized spacial score (nSPS) is 11.3. The van der Waals surface area contributed by atoms with E-state index in [0.717, 1.165) is 12.1 Å². The molecule has 0 saturated heterocycles. The van der Waals surface area contributed by atoms with Crippen LogP contribution in [-0.2, 0) is 0 Å². The summed E-state index contributed by atoms with van der Waals surface area (Å²) in [6.45, 7) is 1.93. The monoisotopic (exact) mass is 333 g/mol. The van der Waals surface area contributed by atoms with Crippen LogP contribution >= 0.6 is 11.6 Å². The van der Waals surface area contributed by atoms with Gasteiger partial charge in [0, 0.05) is 11.6 Å². The van der Waals surface area contributed by atoms with E-state index in [1.165, 1.54) is 12.3 Å². The van der Waals surface area contributed by atoms with Gasteiger partial charge in [-0.3, -0.25) is 0 Å². The van der Waals surface area contributed by atoms with Crippen LogP contribution in [0.25, 0.3) is 11.3 Å². The zero-order valence-electron chi connectivity index (χ0n) is 11.3. The van der Waals surface area contributed by atoms with E-state index in [1.807, 2.05) is 0 Å². The van der Waals surface area contributed by atoms with E-state index < -0.39 is 12.1 Å². The van der Waals surface area contributed by atoms with Gasteiger partial charge in [0.2, 0.25) is 0 Å². The molecule has 1 aromatic carbocycles. The van der Waals surface area contributed by atoms with Crippen LogP contribution in [0.5, 0.6) is 11.5 Å². The Bertz CT molecular complexity index is 680. The van der Waals surface area contributed by atoms with Gasteiger partial charge in [-0.1, -0.05) is 11.6 Å². The highest BCUT2D eigenvalue weighted by Gasteiger charge is 2.31. The van der Waals surface area contributed by atoms with Crippen LogP contribution in [0, 0.1) is 0 Å². The number of ether oxygens (including phenoxy) is 2. The molecule has 0 aliphatic heterocycles. The molecule has 0 spiro atoms. The van der Waals surface area contributed by atoms with Crippen LogP contribution in [0.3, 0.4) is 0 Å². The van der Waals surface area contributed by atoms with Crippen LogP contribution in [-0.4, -0.2) is 22.9 Å². The molecule has 2 aromatic rings. The second-order valence-corrected chi connectivity index (χ2v) is 4.43. The van der Waals surface area contributed by atoms with Crippen LogP contribution in [0.4, 0.5) is 19.0 Å². The average molecular weight is 334 g/mol. The molecule has 0 saturated carbocycles. The van der Waals surface area contributed by atoms with E-state index in [2.05, 4.69) is 14.7 Å². The lowest BCUT2D eigenvalue weighted by molar-refractivity contribution is -0.274. The first-order valence-electron chi connectivity index (χ1n) is 6.11. The van der Waals surface area contributed by atoms with Gasteiger partial charge in [-0.25, -0.2) is 9.97 Å². The fraction of sp³-hybridized carbons (Fsp3) is 0.231. The minimum absolute atomic E-state index is 0.0189. The van der Waals surface area contributed by atoms with Crippen LogP contribution in [0.15, 0.2) is 24.4 Å². The van der Waals surface area contributed by atoms with Crippen LogP contribution in [0.2, 0.25) is 5.15 Å². The van der Waals surface area contributed by atoms with E-state index in [-0.39, 0.29) is 29.0 Å². The molecule has 0 atom stereocenters. The van der Waals surface area contributed by atoms with E-state index >= 15 is 0 Å². The SMILES string of the molecule is CCOc1cc(OC(F)(F)F)ccc1-c1ncc(N)nc1Cl. The Morgan fingerprint density at radius 1 is 1.32 bits per heavy atom. The lowest BCUT2D eigenvalue weighted by atomic mass is 10.1. The molecule has 0 fully saturated rings.